The fourth-order valence-corrected chi connectivity index (χ4v) is 3.34. The number of benzene rings is 2. The van der Waals surface area contributed by atoms with Crippen LogP contribution < -0.4 is 10.2 Å². The molecule has 0 saturated carbocycles. The van der Waals surface area contributed by atoms with E-state index in [0.29, 0.717) is 48.6 Å². The molecular weight excluding hydrogens is 387 g/mol. The van der Waals surface area contributed by atoms with Gasteiger partial charge in [-0.1, -0.05) is 5.16 Å². The van der Waals surface area contributed by atoms with Gasteiger partial charge < -0.3 is 14.7 Å². The molecule has 1 fully saturated rings. The third kappa shape index (κ3) is 4.71. The van der Waals surface area contributed by atoms with Gasteiger partial charge in [0.1, 0.15) is 5.82 Å². The van der Waals surface area contributed by atoms with Crippen molar-refractivity contribution in [2.45, 2.75) is 32.1 Å². The highest BCUT2D eigenvalue weighted by Crippen LogP contribution is 2.23. The summed E-state index contributed by atoms with van der Waals surface area (Å²) in [6.07, 6.45) is 2.79. The van der Waals surface area contributed by atoms with Crippen molar-refractivity contribution in [3.05, 3.63) is 60.2 Å². The second kappa shape index (κ2) is 8.86. The van der Waals surface area contributed by atoms with Gasteiger partial charge in [-0.05, 0) is 61.4 Å². The average Bonchev–Trinajstić information content (AvgIpc) is 3.38. The number of amides is 2. The number of carbonyl (C=O) groups is 2. The first-order valence-electron chi connectivity index (χ1n) is 9.87. The van der Waals surface area contributed by atoms with Gasteiger partial charge in [0.15, 0.2) is 0 Å². The molecule has 0 atom stereocenters. The van der Waals surface area contributed by atoms with Crippen LogP contribution in [0.2, 0.25) is 0 Å². The van der Waals surface area contributed by atoms with Crippen molar-refractivity contribution in [2.75, 3.05) is 16.8 Å². The van der Waals surface area contributed by atoms with Gasteiger partial charge in [0.05, 0.1) is 0 Å². The van der Waals surface area contributed by atoms with Crippen molar-refractivity contribution in [3.63, 3.8) is 0 Å². The molecule has 0 bridgehead atoms. The van der Waals surface area contributed by atoms with Crippen LogP contribution in [0, 0.1) is 5.82 Å². The summed E-state index contributed by atoms with van der Waals surface area (Å²) in [5.41, 5.74) is 2.21. The predicted octanol–water partition coefficient (Wildman–Crippen LogP) is 3.96. The first kappa shape index (κ1) is 19.8. The zero-order chi connectivity index (χ0) is 20.9. The standard InChI is InChI=1S/C22H21FN4O3/c23-16-8-6-15(7-9-16)22-25-20(30-26-22)4-1-3-19(28)24-17-10-12-18(13-11-17)27-14-2-5-21(27)29/h6-13H,1-5,14H2,(H,24,28). The summed E-state index contributed by atoms with van der Waals surface area (Å²) in [4.78, 5) is 30.0. The third-order valence-electron chi connectivity index (χ3n) is 4.90. The van der Waals surface area contributed by atoms with Crippen LogP contribution in [-0.4, -0.2) is 28.5 Å². The van der Waals surface area contributed by atoms with Crippen molar-refractivity contribution >= 4 is 23.2 Å². The molecule has 0 radical (unpaired) electrons. The smallest absolute Gasteiger partial charge is 0.227 e. The van der Waals surface area contributed by atoms with Gasteiger partial charge >= 0.3 is 0 Å². The SMILES string of the molecule is O=C(CCCc1nc(-c2ccc(F)cc2)no1)Nc1ccc(N2CCCC2=O)cc1. The molecule has 1 aromatic heterocycles. The second-order valence-corrected chi connectivity index (χ2v) is 7.12. The van der Waals surface area contributed by atoms with Gasteiger partial charge in [0.2, 0.25) is 23.5 Å². The molecule has 0 unspecified atom stereocenters. The molecule has 8 heteroatoms. The van der Waals surface area contributed by atoms with Crippen molar-refractivity contribution in [2.24, 2.45) is 0 Å². The first-order chi connectivity index (χ1) is 14.6. The Balaban J connectivity index is 1.24. The summed E-state index contributed by atoms with van der Waals surface area (Å²) in [6, 6.07) is 13.1. The number of nitrogens with one attached hydrogen (secondary N) is 1. The number of anilines is 2. The van der Waals surface area contributed by atoms with E-state index in [-0.39, 0.29) is 17.6 Å². The molecule has 1 aliphatic heterocycles. The van der Waals surface area contributed by atoms with Gasteiger partial charge in [0.25, 0.3) is 0 Å². The number of hydrogen-bond donors (Lipinski definition) is 1. The maximum Gasteiger partial charge on any atom is 0.227 e. The largest absolute Gasteiger partial charge is 0.339 e. The van der Waals surface area contributed by atoms with E-state index in [1.165, 1.54) is 12.1 Å². The minimum atomic E-state index is -0.326. The molecule has 1 saturated heterocycles. The van der Waals surface area contributed by atoms with Gasteiger partial charge in [0, 0.05) is 42.7 Å². The third-order valence-corrected chi connectivity index (χ3v) is 4.90. The Labute approximate surface area is 172 Å². The van der Waals surface area contributed by atoms with Crippen LogP contribution in [0.3, 0.4) is 0 Å². The minimum absolute atomic E-state index is 0.113. The number of nitrogens with zero attached hydrogens (tertiary/aromatic N) is 3. The average molecular weight is 408 g/mol. The molecule has 4 rings (SSSR count). The van der Waals surface area contributed by atoms with Crippen LogP contribution in [0.1, 0.15) is 31.6 Å². The van der Waals surface area contributed by atoms with Gasteiger partial charge in [-0.25, -0.2) is 4.39 Å². The maximum absolute atomic E-state index is 13.0. The highest BCUT2D eigenvalue weighted by atomic mass is 19.1. The molecule has 7 nitrogen and oxygen atoms in total. The monoisotopic (exact) mass is 408 g/mol. The number of hydrogen-bond acceptors (Lipinski definition) is 5. The molecule has 0 aliphatic carbocycles. The first-order valence-corrected chi connectivity index (χ1v) is 9.87. The predicted molar refractivity (Wildman–Crippen MR) is 109 cm³/mol. The molecule has 1 aliphatic rings. The van der Waals surface area contributed by atoms with E-state index >= 15 is 0 Å². The van der Waals surface area contributed by atoms with Crippen LogP contribution in [0.25, 0.3) is 11.4 Å². The van der Waals surface area contributed by atoms with Crippen LogP contribution in [0.5, 0.6) is 0 Å². The molecule has 2 aromatic carbocycles. The lowest BCUT2D eigenvalue weighted by atomic mass is 10.2. The molecule has 1 N–H and O–H groups in total. The molecular formula is C22H21FN4O3. The summed E-state index contributed by atoms with van der Waals surface area (Å²) < 4.78 is 18.2. The topological polar surface area (TPSA) is 88.3 Å². The number of rotatable bonds is 7. The fourth-order valence-electron chi connectivity index (χ4n) is 3.34. The van der Waals surface area contributed by atoms with Crippen molar-refractivity contribution in [3.8, 4) is 11.4 Å². The van der Waals surface area contributed by atoms with Gasteiger partial charge in [-0.3, -0.25) is 9.59 Å². The summed E-state index contributed by atoms with van der Waals surface area (Å²) in [7, 11) is 0. The normalized spacial score (nSPS) is 13.6. The minimum Gasteiger partial charge on any atom is -0.339 e. The van der Waals surface area contributed by atoms with E-state index in [0.717, 1.165) is 18.7 Å². The van der Waals surface area contributed by atoms with Crippen molar-refractivity contribution < 1.29 is 18.5 Å². The Hall–Kier alpha value is -3.55. The van der Waals surface area contributed by atoms with Crippen LogP contribution in [0.15, 0.2) is 53.1 Å². The molecule has 2 heterocycles. The fraction of sp³-hybridized carbons (Fsp3) is 0.273. The lowest BCUT2D eigenvalue weighted by molar-refractivity contribution is -0.117. The number of carbonyl (C=O) groups excluding carboxylic acids is 2. The number of aryl methyl sites for hydroxylation is 1. The zero-order valence-corrected chi connectivity index (χ0v) is 16.3. The van der Waals surface area contributed by atoms with Crippen molar-refractivity contribution in [1.82, 2.24) is 10.1 Å². The Morgan fingerprint density at radius 1 is 1.13 bits per heavy atom. The lowest BCUT2D eigenvalue weighted by Gasteiger charge is -2.16. The van der Waals surface area contributed by atoms with Crippen LogP contribution in [-0.2, 0) is 16.0 Å². The quantitative estimate of drug-likeness (QED) is 0.639. The molecule has 3 aromatic rings. The Morgan fingerprint density at radius 2 is 1.90 bits per heavy atom. The van der Waals surface area contributed by atoms with Crippen LogP contribution >= 0.6 is 0 Å². The molecule has 30 heavy (non-hydrogen) atoms. The summed E-state index contributed by atoms with van der Waals surface area (Å²) in [6.45, 7) is 0.739. The second-order valence-electron chi connectivity index (χ2n) is 7.12. The number of halogens is 1. The van der Waals surface area contributed by atoms with E-state index in [1.54, 1.807) is 29.2 Å². The zero-order valence-electron chi connectivity index (χ0n) is 16.3. The van der Waals surface area contributed by atoms with E-state index < -0.39 is 0 Å². The lowest BCUT2D eigenvalue weighted by Crippen LogP contribution is -2.23. The Morgan fingerprint density at radius 3 is 2.60 bits per heavy atom. The molecule has 0 spiro atoms. The van der Waals surface area contributed by atoms with Crippen LogP contribution in [0.4, 0.5) is 15.8 Å². The van der Waals surface area contributed by atoms with E-state index in [9.17, 15) is 14.0 Å². The summed E-state index contributed by atoms with van der Waals surface area (Å²) in [5, 5.41) is 6.74. The van der Waals surface area contributed by atoms with E-state index in [4.69, 9.17) is 4.52 Å². The van der Waals surface area contributed by atoms with Gasteiger partial charge in [-0.15, -0.1) is 0 Å². The maximum atomic E-state index is 13.0. The highest BCUT2D eigenvalue weighted by Gasteiger charge is 2.21. The Kier molecular flexibility index (Phi) is 5.83. The van der Waals surface area contributed by atoms with E-state index in [2.05, 4.69) is 15.5 Å². The summed E-state index contributed by atoms with van der Waals surface area (Å²) in [5.74, 6) is 0.522. The Bertz CT molecular complexity index is 1030. The van der Waals surface area contributed by atoms with Gasteiger partial charge in [-0.2, -0.15) is 4.98 Å². The number of aromatic nitrogens is 2. The van der Waals surface area contributed by atoms with Crippen molar-refractivity contribution in [1.29, 1.82) is 0 Å². The molecule has 154 valence electrons. The van der Waals surface area contributed by atoms with E-state index in [1.807, 2.05) is 12.1 Å². The summed E-state index contributed by atoms with van der Waals surface area (Å²) >= 11 is 0. The highest BCUT2D eigenvalue weighted by molar-refractivity contribution is 5.96. The molecule has 2 amide bonds.